The van der Waals surface area contributed by atoms with Crippen LogP contribution in [-0.4, -0.2) is 9.13 Å². The van der Waals surface area contributed by atoms with Crippen molar-refractivity contribution in [3.05, 3.63) is 235 Å². The average molecular weight is 809 g/mol. The lowest BCUT2D eigenvalue weighted by Crippen LogP contribution is -2.07. The molecule has 2 heterocycles. The Morgan fingerprint density at radius 2 is 0.714 bits per heavy atom. The molecule has 0 spiro atoms. The predicted octanol–water partition coefficient (Wildman–Crippen LogP) is 16.7. The molecule has 302 valence electrons. The van der Waals surface area contributed by atoms with Gasteiger partial charge in [-0.15, -0.1) is 0 Å². The normalized spacial score (nSPS) is 14.1. The fourth-order valence-electron chi connectivity index (χ4n) is 9.99. The van der Waals surface area contributed by atoms with Crippen molar-refractivity contribution < 1.29 is 0 Å². The molecule has 1 aliphatic carbocycles. The van der Waals surface area contributed by atoms with Crippen LogP contribution in [0.4, 0.5) is 0 Å². The second kappa shape index (κ2) is 16.0. The number of nitrogens with zero attached hydrogens (tertiary/aromatic N) is 2. The highest BCUT2D eigenvalue weighted by molar-refractivity contribution is 6.19. The molecule has 0 saturated heterocycles. The van der Waals surface area contributed by atoms with Gasteiger partial charge in [-0.1, -0.05) is 188 Å². The van der Waals surface area contributed by atoms with Crippen LogP contribution in [0.5, 0.6) is 0 Å². The van der Waals surface area contributed by atoms with Gasteiger partial charge in [-0.3, -0.25) is 0 Å². The van der Waals surface area contributed by atoms with Gasteiger partial charge in [0.1, 0.15) is 0 Å². The van der Waals surface area contributed by atoms with Crippen molar-refractivity contribution in [2.24, 2.45) is 5.92 Å². The van der Waals surface area contributed by atoms with E-state index in [1.807, 2.05) is 0 Å². The number of allylic oxidation sites excluding steroid dienone is 4. The Kier molecular flexibility index (Phi) is 9.70. The highest BCUT2D eigenvalue weighted by Crippen LogP contribution is 2.47. The van der Waals surface area contributed by atoms with E-state index in [1.54, 1.807) is 0 Å². The van der Waals surface area contributed by atoms with Crippen molar-refractivity contribution in [1.29, 1.82) is 0 Å². The van der Waals surface area contributed by atoms with E-state index in [2.05, 4.69) is 248 Å². The first-order valence-electron chi connectivity index (χ1n) is 22.1. The van der Waals surface area contributed by atoms with Crippen molar-refractivity contribution in [1.82, 2.24) is 9.13 Å². The summed E-state index contributed by atoms with van der Waals surface area (Å²) in [5, 5.41) is 5.02. The van der Waals surface area contributed by atoms with Crippen LogP contribution in [0.1, 0.15) is 32.8 Å². The maximum absolute atomic E-state index is 2.47. The summed E-state index contributed by atoms with van der Waals surface area (Å²) in [6.45, 7) is 6.98. The Morgan fingerprint density at radius 3 is 1.10 bits per heavy atom. The summed E-state index contributed by atoms with van der Waals surface area (Å²) in [5.74, 6) is 0.437. The summed E-state index contributed by atoms with van der Waals surface area (Å²) in [7, 11) is 0. The highest BCUT2D eigenvalue weighted by Gasteiger charge is 2.25. The van der Waals surface area contributed by atoms with Crippen molar-refractivity contribution in [3.63, 3.8) is 0 Å². The SMILES string of the molecule is CC1=C(C)C(C)CC(c2c3cc(-n4c(-c5ccccc5)ccc4-c4ccccc4)ccc3c(-c3ccccc3)c3cc(-n4c(-c5ccccc5)ccc4-c4ccccc4)ccc23)=C1. The topological polar surface area (TPSA) is 9.86 Å². The van der Waals surface area contributed by atoms with E-state index in [0.717, 1.165) is 29.2 Å². The van der Waals surface area contributed by atoms with Gasteiger partial charge in [-0.05, 0) is 141 Å². The zero-order chi connectivity index (χ0) is 42.4. The summed E-state index contributed by atoms with van der Waals surface area (Å²) in [5.41, 5.74) is 19.7. The van der Waals surface area contributed by atoms with E-state index in [9.17, 15) is 0 Å². The zero-order valence-electron chi connectivity index (χ0n) is 36.0. The molecule has 10 aromatic rings. The fraction of sp³-hybridized carbons (Fsp3) is 0.0820. The summed E-state index contributed by atoms with van der Waals surface area (Å²) < 4.78 is 4.91. The van der Waals surface area contributed by atoms with Crippen LogP contribution in [0, 0.1) is 5.92 Å². The minimum Gasteiger partial charge on any atom is -0.309 e. The summed E-state index contributed by atoms with van der Waals surface area (Å²) in [4.78, 5) is 0. The van der Waals surface area contributed by atoms with Crippen LogP contribution in [0.25, 0.3) is 94.6 Å². The third-order valence-electron chi connectivity index (χ3n) is 13.3. The second-order valence-electron chi connectivity index (χ2n) is 17.1. The first-order chi connectivity index (χ1) is 31.0. The number of benzene rings is 8. The molecule has 11 rings (SSSR count). The van der Waals surface area contributed by atoms with Crippen molar-refractivity contribution in [2.45, 2.75) is 27.2 Å². The molecule has 63 heavy (non-hydrogen) atoms. The molecule has 1 atom stereocenters. The highest BCUT2D eigenvalue weighted by atomic mass is 15.0. The Morgan fingerprint density at radius 1 is 0.365 bits per heavy atom. The molecule has 8 aromatic carbocycles. The molecule has 0 aliphatic heterocycles. The van der Waals surface area contributed by atoms with Gasteiger partial charge >= 0.3 is 0 Å². The zero-order valence-corrected chi connectivity index (χ0v) is 36.0. The summed E-state index contributed by atoms with van der Waals surface area (Å²) >= 11 is 0. The van der Waals surface area contributed by atoms with Crippen molar-refractivity contribution >= 4 is 27.1 Å². The Bertz CT molecular complexity index is 3230. The van der Waals surface area contributed by atoms with E-state index in [1.165, 1.54) is 88.6 Å². The molecule has 2 heteroatoms. The molecule has 0 N–H and O–H groups in total. The monoisotopic (exact) mass is 808 g/mol. The third-order valence-corrected chi connectivity index (χ3v) is 13.3. The molecular weight excluding hydrogens is 761 g/mol. The minimum atomic E-state index is 0.437. The van der Waals surface area contributed by atoms with Crippen LogP contribution in [-0.2, 0) is 0 Å². The van der Waals surface area contributed by atoms with Gasteiger partial charge in [-0.25, -0.2) is 0 Å². The molecule has 0 fully saturated rings. The van der Waals surface area contributed by atoms with Crippen LogP contribution < -0.4 is 0 Å². The summed E-state index contributed by atoms with van der Waals surface area (Å²) in [6.07, 6.45) is 3.45. The maximum atomic E-state index is 2.47. The summed E-state index contributed by atoms with van der Waals surface area (Å²) in [6, 6.07) is 77.7. The lowest BCUT2D eigenvalue weighted by Gasteiger charge is -2.27. The van der Waals surface area contributed by atoms with E-state index in [-0.39, 0.29) is 0 Å². The van der Waals surface area contributed by atoms with E-state index in [0.29, 0.717) is 5.92 Å². The van der Waals surface area contributed by atoms with Gasteiger partial charge in [0, 0.05) is 11.4 Å². The van der Waals surface area contributed by atoms with Crippen LogP contribution in [0.2, 0.25) is 0 Å². The van der Waals surface area contributed by atoms with E-state index >= 15 is 0 Å². The number of hydrogen-bond donors (Lipinski definition) is 0. The molecule has 0 radical (unpaired) electrons. The molecule has 0 bridgehead atoms. The van der Waals surface area contributed by atoms with Crippen LogP contribution in [0.3, 0.4) is 0 Å². The number of aromatic nitrogens is 2. The number of hydrogen-bond acceptors (Lipinski definition) is 0. The van der Waals surface area contributed by atoms with Gasteiger partial charge in [0.2, 0.25) is 0 Å². The Labute approximate surface area is 370 Å². The molecule has 2 nitrogen and oxygen atoms in total. The minimum absolute atomic E-state index is 0.437. The first-order valence-corrected chi connectivity index (χ1v) is 22.1. The quantitative estimate of drug-likeness (QED) is 0.135. The number of fused-ring (bicyclic) bond motifs is 2. The van der Waals surface area contributed by atoms with Crippen LogP contribution in [0.15, 0.2) is 230 Å². The largest absolute Gasteiger partial charge is 0.309 e. The third kappa shape index (κ3) is 6.76. The van der Waals surface area contributed by atoms with Gasteiger partial charge in [-0.2, -0.15) is 0 Å². The van der Waals surface area contributed by atoms with Crippen molar-refractivity contribution in [2.75, 3.05) is 0 Å². The van der Waals surface area contributed by atoms with E-state index < -0.39 is 0 Å². The molecule has 1 aliphatic rings. The molecular formula is C61H48N2. The molecule has 2 aromatic heterocycles. The lowest BCUT2D eigenvalue weighted by molar-refractivity contribution is 0.689. The van der Waals surface area contributed by atoms with Gasteiger partial charge in [0.15, 0.2) is 0 Å². The average Bonchev–Trinajstić information content (AvgIpc) is 4.00. The Balaban J connectivity index is 1.25. The van der Waals surface area contributed by atoms with Gasteiger partial charge < -0.3 is 9.13 Å². The molecule has 1 unspecified atom stereocenters. The molecule has 0 amide bonds. The lowest BCUT2D eigenvalue weighted by atomic mass is 9.78. The van der Waals surface area contributed by atoms with Crippen molar-refractivity contribution in [3.8, 4) is 67.5 Å². The van der Waals surface area contributed by atoms with Gasteiger partial charge in [0.25, 0.3) is 0 Å². The molecule has 0 saturated carbocycles. The van der Waals surface area contributed by atoms with Crippen LogP contribution >= 0.6 is 0 Å². The van der Waals surface area contributed by atoms with Gasteiger partial charge in [0.05, 0.1) is 22.8 Å². The smallest absolute Gasteiger partial charge is 0.0535 e. The van der Waals surface area contributed by atoms with E-state index in [4.69, 9.17) is 0 Å². The fourth-order valence-corrected chi connectivity index (χ4v) is 9.99. The standard InChI is InChI=1S/C61H48N2/c1-41-37-49(38-42(2)43(41)3)61-53-32-30-50(62-56(44-19-9-4-10-20-44)33-34-57(62)45-21-11-5-12-22-45)39-54(53)60(48-27-17-8-18-28-48)52-31-29-51(40-55(52)61)63-58(46-23-13-6-14-24-46)35-36-59(63)47-25-15-7-16-26-47/h4-37,39-40,42H,38H2,1-3H3. The number of rotatable bonds is 8. The second-order valence-corrected chi connectivity index (χ2v) is 17.1. The maximum Gasteiger partial charge on any atom is 0.0535 e. The predicted molar refractivity (Wildman–Crippen MR) is 267 cm³/mol. The first kappa shape index (κ1) is 38.3. The Hall–Kier alpha value is -7.68.